The van der Waals surface area contributed by atoms with Crippen LogP contribution in [0.5, 0.6) is 5.75 Å². The van der Waals surface area contributed by atoms with Crippen LogP contribution in [0.4, 0.5) is 0 Å². The van der Waals surface area contributed by atoms with E-state index < -0.39 is 0 Å². The van der Waals surface area contributed by atoms with Gasteiger partial charge in [0.1, 0.15) is 19.0 Å². The summed E-state index contributed by atoms with van der Waals surface area (Å²) in [6, 6.07) is 20.5. The Labute approximate surface area is 168 Å². The summed E-state index contributed by atoms with van der Waals surface area (Å²) in [5, 5.41) is 0. The second-order valence-corrected chi connectivity index (χ2v) is 6.77. The maximum atomic E-state index is 12.8. The van der Waals surface area contributed by atoms with Crippen molar-refractivity contribution >= 4 is 5.91 Å². The minimum absolute atomic E-state index is 0.00391. The zero-order chi connectivity index (χ0) is 20.1. The minimum atomic E-state index is -0.386. The SMILES string of the molecule is O=C(c1cc(=O)c(OCc2ccccc2)co1)N1CCO[C@@H](c2ccccc2)C1. The van der Waals surface area contributed by atoms with E-state index in [1.807, 2.05) is 60.7 Å². The van der Waals surface area contributed by atoms with Gasteiger partial charge in [-0.3, -0.25) is 9.59 Å². The summed E-state index contributed by atoms with van der Waals surface area (Å²) in [5.74, 6) is -0.258. The Hall–Kier alpha value is -3.38. The van der Waals surface area contributed by atoms with E-state index in [0.29, 0.717) is 19.7 Å². The molecule has 1 aliphatic rings. The third kappa shape index (κ3) is 4.55. The monoisotopic (exact) mass is 391 g/mol. The Kier molecular flexibility index (Phi) is 5.72. The van der Waals surface area contributed by atoms with Crippen molar-refractivity contribution in [3.05, 3.63) is 100 Å². The Bertz CT molecular complexity index is 1020. The summed E-state index contributed by atoms with van der Waals surface area (Å²) in [6.45, 7) is 1.52. The third-order valence-corrected chi connectivity index (χ3v) is 4.77. The van der Waals surface area contributed by atoms with E-state index in [9.17, 15) is 9.59 Å². The molecule has 0 radical (unpaired) electrons. The minimum Gasteiger partial charge on any atom is -0.482 e. The molecule has 2 heterocycles. The highest BCUT2D eigenvalue weighted by Gasteiger charge is 2.27. The van der Waals surface area contributed by atoms with Crippen LogP contribution in [0, 0.1) is 0 Å². The van der Waals surface area contributed by atoms with Crippen LogP contribution in [0.2, 0.25) is 0 Å². The molecule has 2 aromatic carbocycles. The summed E-state index contributed by atoms with van der Waals surface area (Å²) >= 11 is 0. The average Bonchev–Trinajstić information content (AvgIpc) is 2.79. The van der Waals surface area contributed by atoms with Gasteiger partial charge in [0.2, 0.25) is 11.2 Å². The fourth-order valence-corrected chi connectivity index (χ4v) is 3.21. The largest absolute Gasteiger partial charge is 0.482 e. The lowest BCUT2D eigenvalue weighted by atomic mass is 10.1. The lowest BCUT2D eigenvalue weighted by Gasteiger charge is -2.32. The van der Waals surface area contributed by atoms with Crippen LogP contribution in [0.25, 0.3) is 0 Å². The highest BCUT2D eigenvalue weighted by Crippen LogP contribution is 2.23. The number of carbonyl (C=O) groups excluding carboxylic acids is 1. The van der Waals surface area contributed by atoms with Crippen LogP contribution < -0.4 is 10.2 Å². The first-order valence-corrected chi connectivity index (χ1v) is 9.46. The number of ether oxygens (including phenoxy) is 2. The van der Waals surface area contributed by atoms with E-state index in [0.717, 1.165) is 11.1 Å². The molecule has 0 saturated carbocycles. The summed E-state index contributed by atoms with van der Waals surface area (Å²) in [6.07, 6.45) is 1.00. The Morgan fingerprint density at radius 1 is 1.07 bits per heavy atom. The first-order valence-electron chi connectivity index (χ1n) is 9.46. The van der Waals surface area contributed by atoms with E-state index in [1.54, 1.807) is 4.90 Å². The number of carbonyl (C=O) groups is 1. The number of hydrogen-bond acceptors (Lipinski definition) is 5. The molecule has 29 heavy (non-hydrogen) atoms. The molecule has 4 rings (SSSR count). The standard InChI is InChI=1S/C23H21NO5/c25-19-13-20(29-16-22(19)28-15-17-7-3-1-4-8-17)23(26)24-11-12-27-21(14-24)18-9-5-2-6-10-18/h1-10,13,16,21H,11-12,14-15H2/t21-/m1/s1. The molecule has 0 unspecified atom stereocenters. The van der Waals surface area contributed by atoms with Gasteiger partial charge in [-0.2, -0.15) is 0 Å². The van der Waals surface area contributed by atoms with Gasteiger partial charge in [0, 0.05) is 12.6 Å². The van der Waals surface area contributed by atoms with Crippen molar-refractivity contribution < 1.29 is 18.7 Å². The van der Waals surface area contributed by atoms with E-state index in [1.165, 1.54) is 12.3 Å². The van der Waals surface area contributed by atoms with Gasteiger partial charge >= 0.3 is 0 Å². The van der Waals surface area contributed by atoms with Crippen LogP contribution in [-0.2, 0) is 11.3 Å². The number of amides is 1. The van der Waals surface area contributed by atoms with Gasteiger partial charge in [-0.1, -0.05) is 60.7 Å². The van der Waals surface area contributed by atoms with E-state index >= 15 is 0 Å². The van der Waals surface area contributed by atoms with Crippen molar-refractivity contribution in [1.29, 1.82) is 0 Å². The molecule has 1 saturated heterocycles. The predicted molar refractivity (Wildman–Crippen MR) is 107 cm³/mol. The molecule has 1 aromatic heterocycles. The quantitative estimate of drug-likeness (QED) is 0.667. The molecule has 1 atom stereocenters. The number of morpholine rings is 1. The van der Waals surface area contributed by atoms with Crippen molar-refractivity contribution in [2.45, 2.75) is 12.7 Å². The second kappa shape index (κ2) is 8.75. The molecule has 0 bridgehead atoms. The maximum Gasteiger partial charge on any atom is 0.289 e. The van der Waals surface area contributed by atoms with E-state index in [4.69, 9.17) is 13.9 Å². The molecule has 0 aliphatic carbocycles. The summed E-state index contributed by atoms with van der Waals surface area (Å²) < 4.78 is 16.7. The van der Waals surface area contributed by atoms with Crippen molar-refractivity contribution in [2.24, 2.45) is 0 Å². The fraction of sp³-hybridized carbons (Fsp3) is 0.217. The molecule has 0 spiro atoms. The zero-order valence-corrected chi connectivity index (χ0v) is 15.8. The highest BCUT2D eigenvalue weighted by atomic mass is 16.5. The second-order valence-electron chi connectivity index (χ2n) is 6.77. The molecule has 1 aliphatic heterocycles. The number of rotatable bonds is 5. The van der Waals surface area contributed by atoms with Crippen molar-refractivity contribution in [3.8, 4) is 5.75 Å². The van der Waals surface area contributed by atoms with Gasteiger partial charge in [-0.15, -0.1) is 0 Å². The normalized spacial score (nSPS) is 16.4. The Morgan fingerprint density at radius 3 is 2.52 bits per heavy atom. The molecule has 6 heteroatoms. The topological polar surface area (TPSA) is 69.0 Å². The van der Waals surface area contributed by atoms with Crippen LogP contribution in [0.3, 0.4) is 0 Å². The highest BCUT2D eigenvalue weighted by molar-refractivity contribution is 5.91. The van der Waals surface area contributed by atoms with Crippen molar-refractivity contribution in [2.75, 3.05) is 19.7 Å². The van der Waals surface area contributed by atoms with Crippen LogP contribution in [-0.4, -0.2) is 30.5 Å². The Balaban J connectivity index is 1.43. The van der Waals surface area contributed by atoms with E-state index in [-0.39, 0.29) is 35.6 Å². The van der Waals surface area contributed by atoms with Crippen LogP contribution >= 0.6 is 0 Å². The van der Waals surface area contributed by atoms with Gasteiger partial charge in [0.05, 0.1) is 13.2 Å². The van der Waals surface area contributed by atoms with Gasteiger partial charge in [-0.25, -0.2) is 0 Å². The summed E-state index contributed by atoms with van der Waals surface area (Å²) in [7, 11) is 0. The van der Waals surface area contributed by atoms with Gasteiger partial charge in [0.15, 0.2) is 5.76 Å². The maximum absolute atomic E-state index is 12.8. The van der Waals surface area contributed by atoms with Crippen molar-refractivity contribution in [1.82, 2.24) is 4.90 Å². The van der Waals surface area contributed by atoms with Gasteiger partial charge in [-0.05, 0) is 11.1 Å². The van der Waals surface area contributed by atoms with Gasteiger partial charge < -0.3 is 18.8 Å². The molecule has 1 amide bonds. The van der Waals surface area contributed by atoms with Crippen LogP contribution in [0.15, 0.2) is 82.2 Å². The molecular formula is C23H21NO5. The average molecular weight is 391 g/mol. The zero-order valence-electron chi connectivity index (χ0n) is 15.8. The van der Waals surface area contributed by atoms with Crippen LogP contribution in [0.1, 0.15) is 27.8 Å². The number of hydrogen-bond donors (Lipinski definition) is 0. The van der Waals surface area contributed by atoms with Gasteiger partial charge in [0.25, 0.3) is 5.91 Å². The molecule has 0 N–H and O–H groups in total. The third-order valence-electron chi connectivity index (χ3n) is 4.77. The smallest absolute Gasteiger partial charge is 0.289 e. The lowest BCUT2D eigenvalue weighted by Crippen LogP contribution is -2.42. The Morgan fingerprint density at radius 2 is 1.79 bits per heavy atom. The summed E-state index contributed by atoms with van der Waals surface area (Å²) in [4.78, 5) is 26.8. The molecule has 6 nitrogen and oxygen atoms in total. The lowest BCUT2D eigenvalue weighted by molar-refractivity contribution is -0.0238. The first kappa shape index (κ1) is 19.0. The molecule has 3 aromatic rings. The number of nitrogens with zero attached hydrogens (tertiary/aromatic N) is 1. The molecule has 148 valence electrons. The predicted octanol–water partition coefficient (Wildman–Crippen LogP) is 3.43. The fourth-order valence-electron chi connectivity index (χ4n) is 3.21. The number of benzene rings is 2. The van der Waals surface area contributed by atoms with Crippen molar-refractivity contribution in [3.63, 3.8) is 0 Å². The summed E-state index contributed by atoms with van der Waals surface area (Å²) in [5.41, 5.74) is 1.56. The van der Waals surface area contributed by atoms with E-state index in [2.05, 4.69) is 0 Å². The molecular weight excluding hydrogens is 370 g/mol. The molecule has 1 fully saturated rings. The first-order chi connectivity index (χ1) is 14.2.